The quantitative estimate of drug-likeness (QED) is 0.497. The van der Waals surface area contributed by atoms with Crippen molar-refractivity contribution in [2.24, 2.45) is 0 Å². The number of nitrogens with one attached hydrogen (secondary N) is 1. The van der Waals surface area contributed by atoms with Gasteiger partial charge in [-0.3, -0.25) is 9.59 Å². The van der Waals surface area contributed by atoms with Gasteiger partial charge in [-0.05, 0) is 42.3 Å². The van der Waals surface area contributed by atoms with Crippen molar-refractivity contribution >= 4 is 38.8 Å². The number of halogens is 1. The standard InChI is InChI=1S/C24H22ClNO4S/c1-3-31(29,30)19-11-8-17(9-12-19)14-24(28)26-18-10-13-22(23(25)15-18)21-7-5-4-6-20(21)16(2)27/h4-13,15H,3,14H2,1-2H3,(H,26,28). The van der Waals surface area contributed by atoms with Crippen LogP contribution in [-0.2, 0) is 21.1 Å². The van der Waals surface area contributed by atoms with Crippen LogP contribution in [0.5, 0.6) is 0 Å². The summed E-state index contributed by atoms with van der Waals surface area (Å²) in [4.78, 5) is 24.6. The van der Waals surface area contributed by atoms with E-state index in [9.17, 15) is 18.0 Å². The molecular weight excluding hydrogens is 434 g/mol. The molecule has 31 heavy (non-hydrogen) atoms. The summed E-state index contributed by atoms with van der Waals surface area (Å²) in [6.45, 7) is 3.09. The lowest BCUT2D eigenvalue weighted by molar-refractivity contribution is -0.115. The van der Waals surface area contributed by atoms with Gasteiger partial charge in [0.1, 0.15) is 0 Å². The topological polar surface area (TPSA) is 80.3 Å². The van der Waals surface area contributed by atoms with E-state index < -0.39 is 9.84 Å². The van der Waals surface area contributed by atoms with Crippen LogP contribution in [0.3, 0.4) is 0 Å². The fourth-order valence-electron chi connectivity index (χ4n) is 3.21. The van der Waals surface area contributed by atoms with Crippen LogP contribution < -0.4 is 5.32 Å². The number of hydrogen-bond donors (Lipinski definition) is 1. The molecule has 0 saturated carbocycles. The predicted octanol–water partition coefficient (Wildman–Crippen LogP) is 5.18. The second kappa shape index (κ2) is 9.45. The third-order valence-corrected chi connectivity index (χ3v) is 6.94. The van der Waals surface area contributed by atoms with Gasteiger partial charge < -0.3 is 5.32 Å². The zero-order valence-corrected chi connectivity index (χ0v) is 18.8. The molecule has 3 rings (SSSR count). The minimum absolute atomic E-state index is 0.0283. The summed E-state index contributed by atoms with van der Waals surface area (Å²) in [5, 5.41) is 3.21. The molecule has 0 radical (unpaired) electrons. The van der Waals surface area contributed by atoms with E-state index in [1.54, 1.807) is 49.4 Å². The first kappa shape index (κ1) is 22.7. The number of sulfone groups is 1. The van der Waals surface area contributed by atoms with Gasteiger partial charge in [0.25, 0.3) is 0 Å². The monoisotopic (exact) mass is 455 g/mol. The maximum Gasteiger partial charge on any atom is 0.228 e. The van der Waals surface area contributed by atoms with Gasteiger partial charge in [-0.1, -0.05) is 61.0 Å². The van der Waals surface area contributed by atoms with Crippen LogP contribution >= 0.6 is 11.6 Å². The largest absolute Gasteiger partial charge is 0.326 e. The second-order valence-corrected chi connectivity index (χ2v) is 9.75. The molecule has 1 amide bonds. The van der Waals surface area contributed by atoms with Crippen LogP contribution in [0, 0.1) is 0 Å². The van der Waals surface area contributed by atoms with Crippen LogP contribution in [0.25, 0.3) is 11.1 Å². The minimum Gasteiger partial charge on any atom is -0.326 e. The summed E-state index contributed by atoms with van der Waals surface area (Å²) in [6, 6.07) is 18.7. The Labute approximate surface area is 187 Å². The maximum atomic E-state index is 12.4. The van der Waals surface area contributed by atoms with E-state index in [1.165, 1.54) is 19.1 Å². The number of Topliss-reactive ketones (excluding diaryl/α,β-unsaturated/α-hetero) is 1. The highest BCUT2D eigenvalue weighted by Gasteiger charge is 2.14. The molecule has 160 valence electrons. The molecule has 3 aromatic rings. The van der Waals surface area contributed by atoms with Crippen molar-refractivity contribution in [1.82, 2.24) is 0 Å². The van der Waals surface area contributed by atoms with Crippen molar-refractivity contribution in [3.05, 3.63) is 82.9 Å². The number of ketones is 1. The molecule has 1 N–H and O–H groups in total. The Balaban J connectivity index is 1.73. The lowest BCUT2D eigenvalue weighted by atomic mass is 9.97. The summed E-state index contributed by atoms with van der Waals surface area (Å²) in [5.74, 6) is -0.277. The van der Waals surface area contributed by atoms with Crippen molar-refractivity contribution in [1.29, 1.82) is 0 Å². The first-order valence-electron chi connectivity index (χ1n) is 9.72. The molecule has 3 aromatic carbocycles. The van der Waals surface area contributed by atoms with E-state index in [-0.39, 0.29) is 28.8 Å². The van der Waals surface area contributed by atoms with Gasteiger partial charge in [-0.2, -0.15) is 0 Å². The van der Waals surface area contributed by atoms with Crippen molar-refractivity contribution < 1.29 is 18.0 Å². The molecule has 0 heterocycles. The molecule has 0 unspecified atom stereocenters. The third kappa shape index (κ3) is 5.40. The predicted molar refractivity (Wildman–Crippen MR) is 123 cm³/mol. The zero-order chi connectivity index (χ0) is 22.6. The zero-order valence-electron chi connectivity index (χ0n) is 17.2. The first-order chi connectivity index (χ1) is 14.7. The Bertz CT molecular complexity index is 1230. The number of hydrogen-bond acceptors (Lipinski definition) is 4. The summed E-state index contributed by atoms with van der Waals surface area (Å²) in [5.41, 5.74) is 3.25. The van der Waals surface area contributed by atoms with Crippen LogP contribution in [0.2, 0.25) is 5.02 Å². The summed E-state index contributed by atoms with van der Waals surface area (Å²) < 4.78 is 23.8. The molecule has 0 aliphatic rings. The summed E-state index contributed by atoms with van der Waals surface area (Å²) in [6.07, 6.45) is 0.0962. The van der Waals surface area contributed by atoms with E-state index in [2.05, 4.69) is 5.32 Å². The maximum absolute atomic E-state index is 12.4. The molecule has 0 aromatic heterocycles. The van der Waals surface area contributed by atoms with Gasteiger partial charge in [-0.15, -0.1) is 0 Å². The highest BCUT2D eigenvalue weighted by Crippen LogP contribution is 2.33. The van der Waals surface area contributed by atoms with E-state index >= 15 is 0 Å². The molecule has 5 nitrogen and oxygen atoms in total. The number of carbonyl (C=O) groups excluding carboxylic acids is 2. The van der Waals surface area contributed by atoms with Gasteiger partial charge in [0, 0.05) is 16.8 Å². The van der Waals surface area contributed by atoms with E-state index in [4.69, 9.17) is 11.6 Å². The van der Waals surface area contributed by atoms with Crippen LogP contribution in [-0.4, -0.2) is 25.9 Å². The van der Waals surface area contributed by atoms with E-state index in [1.807, 2.05) is 12.1 Å². The normalized spacial score (nSPS) is 11.2. The van der Waals surface area contributed by atoms with Crippen molar-refractivity contribution in [3.8, 4) is 11.1 Å². The SMILES string of the molecule is CCS(=O)(=O)c1ccc(CC(=O)Nc2ccc(-c3ccccc3C(C)=O)c(Cl)c2)cc1. The summed E-state index contributed by atoms with van der Waals surface area (Å²) >= 11 is 6.44. The average Bonchev–Trinajstić information content (AvgIpc) is 2.74. The Morgan fingerprint density at radius 2 is 1.61 bits per heavy atom. The lowest BCUT2D eigenvalue weighted by Gasteiger charge is -2.12. The van der Waals surface area contributed by atoms with E-state index in [0.29, 0.717) is 27.4 Å². The van der Waals surface area contributed by atoms with E-state index in [0.717, 1.165) is 5.56 Å². The second-order valence-electron chi connectivity index (χ2n) is 7.07. The molecule has 0 aliphatic carbocycles. The Morgan fingerprint density at radius 1 is 0.935 bits per heavy atom. The number of carbonyl (C=O) groups is 2. The van der Waals surface area contributed by atoms with Gasteiger partial charge in [0.2, 0.25) is 5.91 Å². The Kier molecular flexibility index (Phi) is 6.93. The smallest absolute Gasteiger partial charge is 0.228 e. The molecule has 0 bridgehead atoms. The van der Waals surface area contributed by atoms with Crippen molar-refractivity contribution in [3.63, 3.8) is 0 Å². The molecule has 0 aliphatic heterocycles. The minimum atomic E-state index is -3.27. The number of amides is 1. The van der Waals surface area contributed by atoms with Crippen LogP contribution in [0.1, 0.15) is 29.8 Å². The van der Waals surface area contributed by atoms with Gasteiger partial charge in [0.15, 0.2) is 15.6 Å². The highest BCUT2D eigenvalue weighted by molar-refractivity contribution is 7.91. The molecule has 0 spiro atoms. The fraction of sp³-hybridized carbons (Fsp3) is 0.167. The van der Waals surface area contributed by atoms with Crippen LogP contribution in [0.4, 0.5) is 5.69 Å². The third-order valence-electron chi connectivity index (χ3n) is 4.88. The van der Waals surface area contributed by atoms with Gasteiger partial charge in [0.05, 0.1) is 22.1 Å². The molecule has 0 atom stereocenters. The molecule has 0 saturated heterocycles. The number of rotatable bonds is 7. The number of benzene rings is 3. The lowest BCUT2D eigenvalue weighted by Crippen LogP contribution is -2.14. The first-order valence-corrected chi connectivity index (χ1v) is 11.8. The van der Waals surface area contributed by atoms with Crippen LogP contribution in [0.15, 0.2) is 71.6 Å². The number of anilines is 1. The molecule has 0 fully saturated rings. The van der Waals surface area contributed by atoms with Crippen molar-refractivity contribution in [2.45, 2.75) is 25.2 Å². The van der Waals surface area contributed by atoms with Gasteiger partial charge >= 0.3 is 0 Å². The average molecular weight is 456 g/mol. The Hall–Kier alpha value is -2.96. The molecular formula is C24H22ClNO4S. The Morgan fingerprint density at radius 3 is 2.23 bits per heavy atom. The highest BCUT2D eigenvalue weighted by atomic mass is 35.5. The fourth-order valence-corrected chi connectivity index (χ4v) is 4.37. The van der Waals surface area contributed by atoms with Gasteiger partial charge in [-0.25, -0.2) is 8.42 Å². The summed E-state index contributed by atoms with van der Waals surface area (Å²) in [7, 11) is -3.27. The molecule has 7 heteroatoms. The van der Waals surface area contributed by atoms with Crippen molar-refractivity contribution in [2.75, 3.05) is 11.1 Å².